The van der Waals surface area contributed by atoms with Crippen molar-refractivity contribution in [2.45, 2.75) is 56.8 Å². The van der Waals surface area contributed by atoms with E-state index >= 15 is 0 Å². The molecule has 216 valence electrons. The number of halogens is 12. The molecule has 0 aliphatic rings. The van der Waals surface area contributed by atoms with Crippen molar-refractivity contribution < 1.29 is 86.8 Å². The summed E-state index contributed by atoms with van der Waals surface area (Å²) in [6.45, 7) is 0. The van der Waals surface area contributed by atoms with E-state index in [-0.39, 0.29) is 46.3 Å². The number of alkyl halides is 12. The van der Waals surface area contributed by atoms with Crippen LogP contribution in [0.5, 0.6) is 0 Å². The standard InChI is InChI=1S/C9H12.2C5HF6N2.2Cu/c1-3-5-7-9-8-6-4-2;2*6-4(7,8)2-1-3(13-12-2)5(9,10)11;;/h1-2H,5-9H2;2*1H;;/q;2*-1;2*+1. The molecule has 2 aromatic heterocycles. The van der Waals surface area contributed by atoms with Gasteiger partial charge in [0.1, 0.15) is 11.4 Å². The number of rotatable bonds is 4. The Morgan fingerprint density at radius 3 is 1.03 bits per heavy atom. The summed E-state index contributed by atoms with van der Waals surface area (Å²) in [5.74, 6) is 5.19. The van der Waals surface area contributed by atoms with Gasteiger partial charge in [0.15, 0.2) is 0 Å². The molecule has 0 amide bonds. The molecule has 2 heterocycles. The molecule has 0 aromatic carbocycles. The van der Waals surface area contributed by atoms with Gasteiger partial charge in [-0.3, -0.25) is 0 Å². The second-order valence-corrected chi connectivity index (χ2v) is 6.19. The van der Waals surface area contributed by atoms with Gasteiger partial charge in [-0.15, -0.1) is 24.7 Å². The number of terminal acetylenes is 2. The number of unbranched alkanes of at least 4 members (excludes halogenated alkanes) is 4. The first kappa shape index (κ1) is 39.3. The molecule has 18 heteroatoms. The zero-order valence-corrected chi connectivity index (χ0v) is 19.7. The van der Waals surface area contributed by atoms with Crippen molar-refractivity contribution in [3.05, 3.63) is 34.9 Å². The minimum Gasteiger partial charge on any atom is -0.571 e. The van der Waals surface area contributed by atoms with Crippen molar-refractivity contribution in [3.63, 3.8) is 0 Å². The third-order valence-corrected chi connectivity index (χ3v) is 3.38. The number of hydrogen-bond donors (Lipinski definition) is 0. The molecule has 2 rings (SSSR count). The van der Waals surface area contributed by atoms with E-state index in [1.54, 1.807) is 0 Å². The molecular formula is C19H14Cu2F12N4. The fourth-order valence-corrected chi connectivity index (χ4v) is 1.77. The zero-order chi connectivity index (χ0) is 27.5. The quantitative estimate of drug-likeness (QED) is 0.167. The van der Waals surface area contributed by atoms with Crippen molar-refractivity contribution in [1.82, 2.24) is 20.4 Å². The average Bonchev–Trinajstić information content (AvgIpc) is 3.37. The van der Waals surface area contributed by atoms with Crippen LogP contribution in [0, 0.1) is 24.7 Å². The van der Waals surface area contributed by atoms with Crippen molar-refractivity contribution in [2.24, 2.45) is 0 Å². The van der Waals surface area contributed by atoms with E-state index in [1.165, 1.54) is 6.42 Å². The van der Waals surface area contributed by atoms with Crippen molar-refractivity contribution in [2.75, 3.05) is 0 Å². The SMILES string of the molecule is C#CCCCCCC#C.FC(F)(F)c1cc(C(F)(F)F)[n-]n1.FC(F)(F)c1cc(C(F)(F)F)[n-]n1.[Cu+].[Cu+]. The Balaban J connectivity index is -0.000000465. The summed E-state index contributed by atoms with van der Waals surface area (Å²) in [5, 5.41) is 9.44. The first-order valence-electron chi connectivity index (χ1n) is 9.00. The Labute approximate surface area is 223 Å². The van der Waals surface area contributed by atoms with E-state index in [0.717, 1.165) is 25.7 Å². The van der Waals surface area contributed by atoms with Crippen LogP contribution in [0.25, 0.3) is 0 Å². The van der Waals surface area contributed by atoms with Crippen LogP contribution in [0.15, 0.2) is 12.1 Å². The Bertz CT molecular complexity index is 839. The van der Waals surface area contributed by atoms with Crippen LogP contribution >= 0.6 is 0 Å². The van der Waals surface area contributed by atoms with Gasteiger partial charge in [0.05, 0.1) is 0 Å². The molecule has 0 aliphatic carbocycles. The minimum absolute atomic E-state index is 0. The Hall–Kier alpha value is -2.26. The maximum absolute atomic E-state index is 11.7. The molecule has 0 bridgehead atoms. The summed E-state index contributed by atoms with van der Waals surface area (Å²) >= 11 is 0. The van der Waals surface area contributed by atoms with E-state index in [2.05, 4.69) is 32.2 Å². The summed E-state index contributed by atoms with van der Waals surface area (Å²) in [6.07, 6.45) is -4.26. The molecule has 0 radical (unpaired) electrons. The topological polar surface area (TPSA) is 54.0 Å². The van der Waals surface area contributed by atoms with Gasteiger partial charge in [0, 0.05) is 12.8 Å². The van der Waals surface area contributed by atoms with Crippen molar-refractivity contribution >= 4 is 0 Å². The van der Waals surface area contributed by atoms with Gasteiger partial charge in [-0.05, 0) is 36.4 Å². The summed E-state index contributed by atoms with van der Waals surface area (Å²) in [5.41, 5.74) is -6.56. The molecule has 0 N–H and O–H groups in total. The zero-order valence-electron chi connectivity index (χ0n) is 17.8. The Kier molecular flexibility index (Phi) is 17.6. The van der Waals surface area contributed by atoms with Gasteiger partial charge >= 0.3 is 58.8 Å². The van der Waals surface area contributed by atoms with Gasteiger partial charge in [0.2, 0.25) is 0 Å². The third kappa shape index (κ3) is 16.2. The smallest absolute Gasteiger partial charge is 0.571 e. The molecule has 37 heavy (non-hydrogen) atoms. The van der Waals surface area contributed by atoms with Gasteiger partial charge in [-0.1, -0.05) is 6.42 Å². The number of nitrogens with zero attached hydrogens (tertiary/aromatic N) is 4. The van der Waals surface area contributed by atoms with E-state index in [9.17, 15) is 52.7 Å². The number of hydrogen-bond acceptors (Lipinski definition) is 2. The predicted molar refractivity (Wildman–Crippen MR) is 95.9 cm³/mol. The molecule has 2 aromatic rings. The normalized spacial score (nSPS) is 11.3. The average molecular weight is 653 g/mol. The Morgan fingerprint density at radius 2 is 0.865 bits per heavy atom. The molecule has 0 saturated heterocycles. The Morgan fingerprint density at radius 1 is 0.568 bits per heavy atom. The molecule has 0 unspecified atom stereocenters. The molecule has 0 spiro atoms. The van der Waals surface area contributed by atoms with Gasteiger partial charge < -0.3 is 20.4 Å². The number of aromatic nitrogens is 4. The summed E-state index contributed by atoms with van der Waals surface area (Å²) in [6, 6.07) is -0.278. The molecular weight excluding hydrogens is 639 g/mol. The molecule has 4 nitrogen and oxygen atoms in total. The predicted octanol–water partition coefficient (Wildman–Crippen LogP) is 6.35. The van der Waals surface area contributed by atoms with Crippen LogP contribution in [-0.4, -0.2) is 10.2 Å². The van der Waals surface area contributed by atoms with Crippen LogP contribution < -0.4 is 10.2 Å². The van der Waals surface area contributed by atoms with Crippen LogP contribution in [0.2, 0.25) is 0 Å². The minimum atomic E-state index is -4.89. The first-order valence-corrected chi connectivity index (χ1v) is 9.00. The van der Waals surface area contributed by atoms with E-state index in [4.69, 9.17) is 12.8 Å². The van der Waals surface area contributed by atoms with E-state index < -0.39 is 47.5 Å². The van der Waals surface area contributed by atoms with Crippen LogP contribution in [-0.2, 0) is 58.8 Å². The van der Waals surface area contributed by atoms with E-state index in [0.29, 0.717) is 0 Å². The summed E-state index contributed by atoms with van der Waals surface area (Å²) in [4.78, 5) is 0. The van der Waals surface area contributed by atoms with Crippen molar-refractivity contribution in [3.8, 4) is 24.7 Å². The fraction of sp³-hybridized carbons (Fsp3) is 0.474. The van der Waals surface area contributed by atoms with Gasteiger partial charge in [-0.2, -0.15) is 52.7 Å². The van der Waals surface area contributed by atoms with E-state index in [1.807, 2.05) is 0 Å². The third-order valence-electron chi connectivity index (χ3n) is 3.38. The van der Waals surface area contributed by atoms with Crippen LogP contribution in [0.1, 0.15) is 54.9 Å². The molecule has 0 saturated carbocycles. The van der Waals surface area contributed by atoms with Gasteiger partial charge in [0.25, 0.3) is 0 Å². The van der Waals surface area contributed by atoms with Crippen molar-refractivity contribution in [1.29, 1.82) is 0 Å². The van der Waals surface area contributed by atoms with Gasteiger partial charge in [-0.25, -0.2) is 0 Å². The van der Waals surface area contributed by atoms with Crippen LogP contribution in [0.3, 0.4) is 0 Å². The second-order valence-electron chi connectivity index (χ2n) is 6.19. The molecule has 0 fully saturated rings. The summed E-state index contributed by atoms with van der Waals surface area (Å²) in [7, 11) is 0. The summed E-state index contributed by atoms with van der Waals surface area (Å²) < 4.78 is 141. The monoisotopic (exact) mass is 652 g/mol. The maximum atomic E-state index is 11.7. The largest absolute Gasteiger partial charge is 1.00 e. The van der Waals surface area contributed by atoms with Crippen LogP contribution in [0.4, 0.5) is 52.7 Å². The first-order chi connectivity index (χ1) is 15.8. The fourth-order valence-electron chi connectivity index (χ4n) is 1.77. The second kappa shape index (κ2) is 16.6. The molecule has 0 atom stereocenters. The maximum Gasteiger partial charge on any atom is 1.00 e. The molecule has 0 aliphatic heterocycles.